The molecule has 0 unspecified atom stereocenters. The van der Waals surface area contributed by atoms with Crippen LogP contribution in [0.5, 0.6) is 11.5 Å². The molecular formula is C14H11BrClFO. The highest BCUT2D eigenvalue weighted by Crippen LogP contribution is 2.30. The van der Waals surface area contributed by atoms with Crippen LogP contribution >= 0.6 is 27.5 Å². The Kier molecular flexibility index (Phi) is 4.25. The third-order valence-electron chi connectivity index (χ3n) is 2.53. The van der Waals surface area contributed by atoms with Crippen LogP contribution < -0.4 is 4.74 Å². The van der Waals surface area contributed by atoms with E-state index in [1.807, 2.05) is 6.07 Å². The fourth-order valence-corrected chi connectivity index (χ4v) is 2.17. The fourth-order valence-electron chi connectivity index (χ4n) is 1.54. The normalized spacial score (nSPS) is 10.4. The first-order valence-electron chi connectivity index (χ1n) is 5.38. The molecule has 0 saturated heterocycles. The van der Waals surface area contributed by atoms with Crippen molar-refractivity contribution in [3.05, 3.63) is 58.4 Å². The molecule has 0 bridgehead atoms. The second kappa shape index (κ2) is 5.72. The van der Waals surface area contributed by atoms with Crippen LogP contribution in [0.15, 0.2) is 36.4 Å². The molecule has 0 saturated carbocycles. The molecule has 4 heteroatoms. The average molecular weight is 330 g/mol. The van der Waals surface area contributed by atoms with Gasteiger partial charge in [-0.3, -0.25) is 0 Å². The molecule has 0 N–H and O–H groups in total. The maximum Gasteiger partial charge on any atom is 0.132 e. The van der Waals surface area contributed by atoms with E-state index in [0.29, 0.717) is 27.4 Å². The summed E-state index contributed by atoms with van der Waals surface area (Å²) in [6.07, 6.45) is 0. The van der Waals surface area contributed by atoms with E-state index in [2.05, 4.69) is 15.9 Å². The molecule has 0 aliphatic heterocycles. The Hall–Kier alpha value is -1.06. The second-order valence-electron chi connectivity index (χ2n) is 3.90. The van der Waals surface area contributed by atoms with E-state index in [1.165, 1.54) is 6.07 Å². The van der Waals surface area contributed by atoms with Gasteiger partial charge < -0.3 is 4.74 Å². The van der Waals surface area contributed by atoms with E-state index in [9.17, 15) is 4.39 Å². The van der Waals surface area contributed by atoms with Crippen molar-refractivity contribution in [3.8, 4) is 11.5 Å². The number of alkyl halides is 1. The Morgan fingerprint density at radius 1 is 1.22 bits per heavy atom. The van der Waals surface area contributed by atoms with Crippen molar-refractivity contribution < 1.29 is 9.13 Å². The van der Waals surface area contributed by atoms with Crippen LogP contribution in [0.2, 0.25) is 5.02 Å². The molecule has 94 valence electrons. The van der Waals surface area contributed by atoms with Crippen molar-refractivity contribution in [2.45, 2.75) is 12.3 Å². The molecule has 0 aromatic heterocycles. The predicted octanol–water partition coefficient (Wildman–Crippen LogP) is 5.47. The van der Waals surface area contributed by atoms with Gasteiger partial charge in [0.05, 0.1) is 0 Å². The number of aryl methyl sites for hydroxylation is 1. The molecule has 0 spiro atoms. The van der Waals surface area contributed by atoms with Crippen LogP contribution in [0.1, 0.15) is 11.1 Å². The summed E-state index contributed by atoms with van der Waals surface area (Å²) in [6, 6.07) is 10.1. The first kappa shape index (κ1) is 13.4. The Morgan fingerprint density at radius 3 is 2.67 bits per heavy atom. The Balaban J connectivity index is 2.33. The van der Waals surface area contributed by atoms with Gasteiger partial charge in [-0.2, -0.15) is 0 Å². The zero-order valence-corrected chi connectivity index (χ0v) is 12.1. The second-order valence-corrected chi connectivity index (χ2v) is 4.90. The molecule has 2 aromatic carbocycles. The Labute approximate surface area is 119 Å². The largest absolute Gasteiger partial charge is 0.457 e. The molecule has 0 atom stereocenters. The Morgan fingerprint density at radius 2 is 2.00 bits per heavy atom. The molecule has 0 amide bonds. The minimum absolute atomic E-state index is 0.242. The molecule has 2 aromatic rings. The van der Waals surface area contributed by atoms with E-state index in [4.69, 9.17) is 16.3 Å². The summed E-state index contributed by atoms with van der Waals surface area (Å²) in [5.74, 6) is 1.03. The zero-order chi connectivity index (χ0) is 13.1. The van der Waals surface area contributed by atoms with E-state index < -0.39 is 0 Å². The lowest BCUT2D eigenvalue weighted by atomic mass is 10.2. The summed E-state index contributed by atoms with van der Waals surface area (Å²) < 4.78 is 18.9. The van der Waals surface area contributed by atoms with Gasteiger partial charge in [0.1, 0.15) is 17.3 Å². The number of hydrogen-bond acceptors (Lipinski definition) is 1. The van der Waals surface area contributed by atoms with Crippen LogP contribution in [0.25, 0.3) is 0 Å². The minimum atomic E-state index is -0.242. The molecule has 2 rings (SSSR count). The van der Waals surface area contributed by atoms with E-state index in [-0.39, 0.29) is 5.82 Å². The molecule has 0 aliphatic rings. The first-order valence-corrected chi connectivity index (χ1v) is 6.88. The van der Waals surface area contributed by atoms with Crippen LogP contribution in [0, 0.1) is 12.7 Å². The highest BCUT2D eigenvalue weighted by atomic mass is 79.9. The number of halogens is 3. The number of hydrogen-bond donors (Lipinski definition) is 0. The summed E-state index contributed by atoms with van der Waals surface area (Å²) in [7, 11) is 0. The van der Waals surface area contributed by atoms with Gasteiger partial charge in [-0.1, -0.05) is 33.6 Å². The maximum atomic E-state index is 13.2. The lowest BCUT2D eigenvalue weighted by Gasteiger charge is -2.10. The summed E-state index contributed by atoms with van der Waals surface area (Å²) in [5.41, 5.74) is 1.54. The van der Waals surface area contributed by atoms with Gasteiger partial charge in [0.25, 0.3) is 0 Å². The maximum absolute atomic E-state index is 13.2. The van der Waals surface area contributed by atoms with Crippen LogP contribution in [0.4, 0.5) is 4.39 Å². The van der Waals surface area contributed by atoms with Crippen LogP contribution in [0.3, 0.4) is 0 Å². The first-order chi connectivity index (χ1) is 8.60. The lowest BCUT2D eigenvalue weighted by molar-refractivity contribution is 0.476. The van der Waals surface area contributed by atoms with Crippen LogP contribution in [-0.4, -0.2) is 0 Å². The molecule has 0 radical (unpaired) electrons. The minimum Gasteiger partial charge on any atom is -0.457 e. The number of rotatable bonds is 3. The van der Waals surface area contributed by atoms with Gasteiger partial charge in [-0.25, -0.2) is 4.39 Å². The molecule has 18 heavy (non-hydrogen) atoms. The van der Waals surface area contributed by atoms with Crippen molar-refractivity contribution in [1.29, 1.82) is 0 Å². The lowest BCUT2D eigenvalue weighted by Crippen LogP contribution is -1.91. The quantitative estimate of drug-likeness (QED) is 0.678. The van der Waals surface area contributed by atoms with Gasteiger partial charge in [0.15, 0.2) is 0 Å². The predicted molar refractivity (Wildman–Crippen MR) is 75.3 cm³/mol. The van der Waals surface area contributed by atoms with Crippen LogP contribution in [-0.2, 0) is 5.33 Å². The summed E-state index contributed by atoms with van der Waals surface area (Å²) >= 11 is 9.33. The molecule has 0 aliphatic carbocycles. The van der Waals surface area contributed by atoms with Gasteiger partial charge in [0, 0.05) is 15.9 Å². The molecular weight excluding hydrogens is 319 g/mol. The number of benzene rings is 2. The topological polar surface area (TPSA) is 9.23 Å². The monoisotopic (exact) mass is 328 g/mol. The Bertz CT molecular complexity index is 572. The van der Waals surface area contributed by atoms with Crippen molar-refractivity contribution in [2.24, 2.45) is 0 Å². The molecule has 1 nitrogen and oxygen atoms in total. The highest BCUT2D eigenvalue weighted by Gasteiger charge is 2.06. The van der Waals surface area contributed by atoms with E-state index in [0.717, 1.165) is 5.56 Å². The number of ether oxygens (including phenoxy) is 1. The third kappa shape index (κ3) is 3.03. The zero-order valence-electron chi connectivity index (χ0n) is 9.71. The molecule has 0 heterocycles. The van der Waals surface area contributed by atoms with Crippen molar-refractivity contribution in [2.75, 3.05) is 0 Å². The SMILES string of the molecule is Cc1cc(Oc2cc(Cl)ccc2CBr)ccc1F. The third-order valence-corrected chi connectivity index (χ3v) is 3.37. The van der Waals surface area contributed by atoms with E-state index in [1.54, 1.807) is 31.2 Å². The highest BCUT2D eigenvalue weighted by molar-refractivity contribution is 9.08. The smallest absolute Gasteiger partial charge is 0.132 e. The summed E-state index contributed by atoms with van der Waals surface area (Å²) in [6.45, 7) is 1.70. The van der Waals surface area contributed by atoms with Crippen molar-refractivity contribution in [1.82, 2.24) is 0 Å². The van der Waals surface area contributed by atoms with Gasteiger partial charge >= 0.3 is 0 Å². The summed E-state index contributed by atoms with van der Waals surface area (Å²) in [5, 5.41) is 1.27. The van der Waals surface area contributed by atoms with Crippen molar-refractivity contribution >= 4 is 27.5 Å². The molecule has 0 fully saturated rings. The van der Waals surface area contributed by atoms with Gasteiger partial charge in [-0.05, 0) is 42.8 Å². The van der Waals surface area contributed by atoms with E-state index >= 15 is 0 Å². The standard InChI is InChI=1S/C14H11BrClFO/c1-9-6-12(4-5-13(9)17)18-14-7-11(16)3-2-10(14)8-15/h2-7H,8H2,1H3. The van der Waals surface area contributed by atoms with Crippen molar-refractivity contribution in [3.63, 3.8) is 0 Å². The fraction of sp³-hybridized carbons (Fsp3) is 0.143. The van der Waals surface area contributed by atoms with Gasteiger partial charge in [0.2, 0.25) is 0 Å². The average Bonchev–Trinajstić information content (AvgIpc) is 2.34. The summed E-state index contributed by atoms with van der Waals surface area (Å²) in [4.78, 5) is 0. The van der Waals surface area contributed by atoms with Gasteiger partial charge in [-0.15, -0.1) is 0 Å².